The lowest BCUT2D eigenvalue weighted by Gasteiger charge is -2.16. The molecule has 12 heteroatoms. The van der Waals surface area contributed by atoms with Crippen LogP contribution in [0.4, 0.5) is 34.1 Å². The molecule has 0 heterocycles. The highest BCUT2D eigenvalue weighted by atomic mass is 16.6. The van der Waals surface area contributed by atoms with Crippen LogP contribution in [0, 0.1) is 47.9 Å². The summed E-state index contributed by atoms with van der Waals surface area (Å²) in [5.41, 5.74) is 4.05. The van der Waals surface area contributed by atoms with Crippen molar-refractivity contribution < 1.29 is 20.1 Å². The molecule has 0 saturated heterocycles. The van der Waals surface area contributed by atoms with Crippen molar-refractivity contribution >= 4 is 34.1 Å². The monoisotopic (exact) mass is 554 g/mol. The highest BCUT2D eigenvalue weighted by Gasteiger charge is 2.26. The number of azo groups is 2. The fraction of sp³-hybridized carbons (Fsp3) is 0.172. The molecular formula is C29H26N6O6. The minimum absolute atomic E-state index is 0.0604. The van der Waals surface area contributed by atoms with Crippen LogP contribution in [0.25, 0.3) is 0 Å². The van der Waals surface area contributed by atoms with E-state index in [1.807, 2.05) is 0 Å². The third-order valence-corrected chi connectivity index (χ3v) is 6.72. The van der Waals surface area contributed by atoms with Gasteiger partial charge in [0.1, 0.15) is 11.5 Å². The van der Waals surface area contributed by atoms with Gasteiger partial charge >= 0.3 is 0 Å². The normalized spacial score (nSPS) is 11.4. The van der Waals surface area contributed by atoms with E-state index in [0.29, 0.717) is 44.8 Å². The number of aromatic hydroxyl groups is 2. The van der Waals surface area contributed by atoms with Crippen LogP contribution < -0.4 is 0 Å². The SMILES string of the molecule is Cc1cc(N=Nc2ccc(O)cc2)c([N+](=O)[O-])c(C)c1Cc1c(C)cc(N=Nc2ccc(O)cc2)c([N+](=O)[O-])c1C. The topological polar surface area (TPSA) is 176 Å². The summed E-state index contributed by atoms with van der Waals surface area (Å²) in [7, 11) is 0. The third kappa shape index (κ3) is 6.22. The maximum atomic E-state index is 12.1. The van der Waals surface area contributed by atoms with E-state index < -0.39 is 9.85 Å². The van der Waals surface area contributed by atoms with Gasteiger partial charge in [-0.3, -0.25) is 20.2 Å². The minimum atomic E-state index is -0.515. The molecule has 4 aromatic rings. The molecule has 0 aromatic heterocycles. The number of nitro groups is 2. The van der Waals surface area contributed by atoms with Crippen molar-refractivity contribution in [3.05, 3.63) is 114 Å². The molecule has 41 heavy (non-hydrogen) atoms. The highest BCUT2D eigenvalue weighted by molar-refractivity contribution is 5.69. The van der Waals surface area contributed by atoms with E-state index in [1.54, 1.807) is 39.8 Å². The van der Waals surface area contributed by atoms with E-state index in [1.165, 1.54) is 48.5 Å². The molecule has 0 aliphatic heterocycles. The summed E-state index contributed by atoms with van der Waals surface area (Å²) in [6.07, 6.45) is 0.210. The summed E-state index contributed by atoms with van der Waals surface area (Å²) >= 11 is 0. The molecule has 4 aromatic carbocycles. The van der Waals surface area contributed by atoms with Gasteiger partial charge in [0, 0.05) is 11.1 Å². The second-order valence-electron chi connectivity index (χ2n) is 9.45. The van der Waals surface area contributed by atoms with Crippen LogP contribution in [-0.4, -0.2) is 20.1 Å². The molecule has 0 saturated carbocycles. The predicted molar refractivity (Wildman–Crippen MR) is 153 cm³/mol. The van der Waals surface area contributed by atoms with E-state index in [4.69, 9.17) is 0 Å². The van der Waals surface area contributed by atoms with Crippen LogP contribution in [0.1, 0.15) is 33.4 Å². The molecule has 0 bridgehead atoms. The number of hydrogen-bond donors (Lipinski definition) is 2. The summed E-state index contributed by atoms with van der Waals surface area (Å²) < 4.78 is 0. The second kappa shape index (κ2) is 11.7. The quantitative estimate of drug-likeness (QED) is 0.125. The van der Waals surface area contributed by atoms with Gasteiger partial charge < -0.3 is 10.2 Å². The van der Waals surface area contributed by atoms with E-state index in [9.17, 15) is 30.4 Å². The van der Waals surface area contributed by atoms with Gasteiger partial charge in [0.05, 0.1) is 21.2 Å². The largest absolute Gasteiger partial charge is 0.508 e. The Morgan fingerprint density at radius 2 is 0.951 bits per heavy atom. The first kappa shape index (κ1) is 28.5. The number of phenols is 2. The fourth-order valence-electron chi connectivity index (χ4n) is 4.58. The number of nitro benzene ring substituents is 2. The molecule has 0 aliphatic rings. The zero-order valence-corrected chi connectivity index (χ0v) is 22.7. The van der Waals surface area contributed by atoms with Crippen molar-refractivity contribution in [2.24, 2.45) is 20.5 Å². The van der Waals surface area contributed by atoms with Crippen molar-refractivity contribution in [3.8, 4) is 11.5 Å². The molecule has 0 amide bonds. The Morgan fingerprint density at radius 3 is 1.27 bits per heavy atom. The maximum Gasteiger partial charge on any atom is 0.299 e. The summed E-state index contributed by atoms with van der Waals surface area (Å²) in [6, 6.07) is 15.0. The Balaban J connectivity index is 1.76. The molecule has 0 atom stereocenters. The van der Waals surface area contributed by atoms with Crippen molar-refractivity contribution in [3.63, 3.8) is 0 Å². The van der Waals surface area contributed by atoms with E-state index in [2.05, 4.69) is 20.5 Å². The van der Waals surface area contributed by atoms with Gasteiger partial charge in [-0.1, -0.05) is 0 Å². The van der Waals surface area contributed by atoms with Crippen LogP contribution in [-0.2, 0) is 6.42 Å². The number of nitrogens with zero attached hydrogens (tertiary/aromatic N) is 6. The van der Waals surface area contributed by atoms with E-state index >= 15 is 0 Å². The Labute approximate surface area is 234 Å². The van der Waals surface area contributed by atoms with Gasteiger partial charge in [0.15, 0.2) is 11.4 Å². The van der Waals surface area contributed by atoms with Crippen LogP contribution in [0.15, 0.2) is 81.1 Å². The minimum Gasteiger partial charge on any atom is -0.508 e. The van der Waals surface area contributed by atoms with Crippen molar-refractivity contribution in [1.82, 2.24) is 0 Å². The van der Waals surface area contributed by atoms with Crippen LogP contribution in [0.5, 0.6) is 11.5 Å². The lowest BCUT2D eigenvalue weighted by atomic mass is 9.89. The van der Waals surface area contributed by atoms with Gasteiger partial charge in [-0.15, -0.1) is 10.2 Å². The number of benzene rings is 4. The summed E-state index contributed by atoms with van der Waals surface area (Å²) in [4.78, 5) is 23.1. The smallest absolute Gasteiger partial charge is 0.299 e. The fourth-order valence-corrected chi connectivity index (χ4v) is 4.58. The van der Waals surface area contributed by atoms with Gasteiger partial charge in [-0.05, 0) is 117 Å². The van der Waals surface area contributed by atoms with E-state index in [0.717, 1.165) is 0 Å². The van der Waals surface area contributed by atoms with Crippen molar-refractivity contribution in [2.45, 2.75) is 34.1 Å². The van der Waals surface area contributed by atoms with Crippen LogP contribution in [0.2, 0.25) is 0 Å². The molecular weight excluding hydrogens is 528 g/mol. The van der Waals surface area contributed by atoms with Crippen LogP contribution >= 0.6 is 0 Å². The molecule has 4 rings (SSSR count). The van der Waals surface area contributed by atoms with Gasteiger partial charge in [0.25, 0.3) is 11.4 Å². The number of phenolic OH excluding ortho intramolecular Hbond substituents is 2. The molecule has 12 nitrogen and oxygen atoms in total. The van der Waals surface area contributed by atoms with Crippen LogP contribution in [0.3, 0.4) is 0 Å². The molecule has 0 fully saturated rings. The Kier molecular flexibility index (Phi) is 8.13. The molecule has 0 aliphatic carbocycles. The predicted octanol–water partition coefficient (Wildman–Crippen LogP) is 8.57. The van der Waals surface area contributed by atoms with Crippen molar-refractivity contribution in [1.29, 1.82) is 0 Å². The van der Waals surface area contributed by atoms with Gasteiger partial charge in [0.2, 0.25) is 0 Å². The summed E-state index contributed by atoms with van der Waals surface area (Å²) in [6.45, 7) is 6.84. The number of aryl methyl sites for hydroxylation is 2. The molecule has 0 unspecified atom stereocenters. The Bertz CT molecular complexity index is 1590. The van der Waals surface area contributed by atoms with Gasteiger partial charge in [-0.25, -0.2) is 0 Å². The zero-order chi connectivity index (χ0) is 29.8. The second-order valence-corrected chi connectivity index (χ2v) is 9.45. The standard InChI is InChI=1S/C29H26N6O6/c1-16-13-26(32-30-20-5-9-22(36)10-6-20)28(34(38)39)18(3)24(16)15-25-17(2)14-27(29(19(25)4)35(40)41)33-31-21-7-11-23(37)12-8-21/h5-14,36-37H,15H2,1-4H3. The van der Waals surface area contributed by atoms with Gasteiger partial charge in [-0.2, -0.15) is 10.2 Å². The Hall–Kier alpha value is -5.52. The average molecular weight is 555 g/mol. The Morgan fingerprint density at radius 1 is 0.610 bits per heavy atom. The first-order valence-electron chi connectivity index (χ1n) is 12.4. The molecule has 0 radical (unpaired) electrons. The summed E-state index contributed by atoms with van der Waals surface area (Å²) in [5, 5.41) is 59.4. The summed E-state index contributed by atoms with van der Waals surface area (Å²) in [5.74, 6) is 0.121. The lowest BCUT2D eigenvalue weighted by molar-refractivity contribution is -0.384. The van der Waals surface area contributed by atoms with E-state index in [-0.39, 0.29) is 40.7 Å². The first-order chi connectivity index (χ1) is 19.5. The number of hydrogen-bond acceptors (Lipinski definition) is 10. The third-order valence-electron chi connectivity index (χ3n) is 6.72. The lowest BCUT2D eigenvalue weighted by Crippen LogP contribution is -2.05. The zero-order valence-electron chi connectivity index (χ0n) is 22.7. The number of rotatable bonds is 8. The first-order valence-corrected chi connectivity index (χ1v) is 12.4. The average Bonchev–Trinajstić information content (AvgIpc) is 2.91. The molecule has 2 N–H and O–H groups in total. The maximum absolute atomic E-state index is 12.1. The molecule has 208 valence electrons. The highest BCUT2D eigenvalue weighted by Crippen LogP contribution is 2.41. The molecule has 0 spiro atoms. The van der Waals surface area contributed by atoms with Crippen molar-refractivity contribution in [2.75, 3.05) is 0 Å².